The third kappa shape index (κ3) is 6.59. The van der Waals surface area contributed by atoms with Crippen molar-refractivity contribution in [3.8, 4) is 11.5 Å². The van der Waals surface area contributed by atoms with E-state index in [0.29, 0.717) is 30.3 Å². The second-order valence-corrected chi connectivity index (χ2v) is 5.33. The highest BCUT2D eigenvalue weighted by Crippen LogP contribution is 2.29. The molecular formula is C17H25NO5. The molecule has 0 radical (unpaired) electrons. The molecular weight excluding hydrogens is 298 g/mol. The van der Waals surface area contributed by atoms with Crippen molar-refractivity contribution in [3.63, 3.8) is 0 Å². The van der Waals surface area contributed by atoms with Crippen LogP contribution in [0.3, 0.4) is 0 Å². The normalized spacial score (nSPS) is 11.6. The van der Waals surface area contributed by atoms with Gasteiger partial charge in [0.2, 0.25) is 0 Å². The quantitative estimate of drug-likeness (QED) is 0.691. The standard InChI is InChI=1S/C17H25NO5/c1-4-8-22-14-7-6-13(11-15(14)23-9-5-2)17(21)18-12(3)10-16(19)20/h6-7,11-12H,4-5,8-10H2,1-3H3,(H,18,21)(H,19,20). The lowest BCUT2D eigenvalue weighted by molar-refractivity contribution is -0.137. The number of benzene rings is 1. The second kappa shape index (κ2) is 9.71. The van der Waals surface area contributed by atoms with Crippen LogP contribution in [0.15, 0.2) is 18.2 Å². The molecule has 23 heavy (non-hydrogen) atoms. The molecule has 0 bridgehead atoms. The van der Waals surface area contributed by atoms with Crippen LogP contribution in [0.1, 0.15) is 50.4 Å². The summed E-state index contributed by atoms with van der Waals surface area (Å²) in [6.07, 6.45) is 1.60. The number of nitrogens with one attached hydrogen (secondary N) is 1. The van der Waals surface area contributed by atoms with Crippen LogP contribution in [-0.2, 0) is 4.79 Å². The number of aliphatic carboxylic acids is 1. The Morgan fingerprint density at radius 2 is 1.74 bits per heavy atom. The van der Waals surface area contributed by atoms with Gasteiger partial charge in [-0.15, -0.1) is 0 Å². The minimum absolute atomic E-state index is 0.122. The first-order valence-corrected chi connectivity index (χ1v) is 7.90. The van der Waals surface area contributed by atoms with Crippen LogP contribution in [0.2, 0.25) is 0 Å². The van der Waals surface area contributed by atoms with Crippen LogP contribution in [0.25, 0.3) is 0 Å². The van der Waals surface area contributed by atoms with Gasteiger partial charge < -0.3 is 19.9 Å². The van der Waals surface area contributed by atoms with Crippen LogP contribution in [0.4, 0.5) is 0 Å². The predicted octanol–water partition coefficient (Wildman–Crippen LogP) is 2.86. The molecule has 0 saturated heterocycles. The van der Waals surface area contributed by atoms with Gasteiger partial charge in [0.25, 0.3) is 5.91 Å². The molecule has 1 amide bonds. The highest BCUT2D eigenvalue weighted by Gasteiger charge is 2.15. The molecule has 6 heteroatoms. The van der Waals surface area contributed by atoms with E-state index in [2.05, 4.69) is 5.32 Å². The number of ether oxygens (including phenoxy) is 2. The lowest BCUT2D eigenvalue weighted by atomic mass is 10.1. The smallest absolute Gasteiger partial charge is 0.305 e. The number of amides is 1. The Balaban J connectivity index is 2.85. The minimum atomic E-state index is -0.951. The second-order valence-electron chi connectivity index (χ2n) is 5.33. The van der Waals surface area contributed by atoms with Crippen LogP contribution in [0, 0.1) is 0 Å². The van der Waals surface area contributed by atoms with Crippen molar-refractivity contribution in [2.45, 2.75) is 46.1 Å². The number of carbonyl (C=O) groups excluding carboxylic acids is 1. The first kappa shape index (κ1) is 18.8. The summed E-state index contributed by atoms with van der Waals surface area (Å²) >= 11 is 0. The van der Waals surface area contributed by atoms with Crippen LogP contribution >= 0.6 is 0 Å². The lowest BCUT2D eigenvalue weighted by Gasteiger charge is -2.15. The monoisotopic (exact) mass is 323 g/mol. The van der Waals surface area contributed by atoms with Gasteiger partial charge in [-0.05, 0) is 38.0 Å². The van der Waals surface area contributed by atoms with Crippen molar-refractivity contribution in [2.24, 2.45) is 0 Å². The number of carboxylic acids is 1. The van der Waals surface area contributed by atoms with Crippen molar-refractivity contribution in [2.75, 3.05) is 13.2 Å². The van der Waals surface area contributed by atoms with E-state index in [1.165, 1.54) is 0 Å². The number of rotatable bonds is 10. The Hall–Kier alpha value is -2.24. The minimum Gasteiger partial charge on any atom is -0.490 e. The molecule has 0 fully saturated rings. The molecule has 1 aromatic carbocycles. The van der Waals surface area contributed by atoms with Crippen molar-refractivity contribution >= 4 is 11.9 Å². The predicted molar refractivity (Wildman–Crippen MR) is 87.2 cm³/mol. The molecule has 0 spiro atoms. The topological polar surface area (TPSA) is 84.9 Å². The van der Waals surface area contributed by atoms with E-state index in [9.17, 15) is 9.59 Å². The molecule has 1 atom stereocenters. The van der Waals surface area contributed by atoms with E-state index in [1.54, 1.807) is 25.1 Å². The molecule has 1 unspecified atom stereocenters. The molecule has 1 rings (SSSR count). The molecule has 1 aromatic rings. The van der Waals surface area contributed by atoms with Gasteiger partial charge in [0.15, 0.2) is 11.5 Å². The molecule has 0 heterocycles. The number of hydrogen-bond acceptors (Lipinski definition) is 4. The highest BCUT2D eigenvalue weighted by molar-refractivity contribution is 5.95. The van der Waals surface area contributed by atoms with Crippen LogP contribution in [-0.4, -0.2) is 36.2 Å². The summed E-state index contributed by atoms with van der Waals surface area (Å²) in [7, 11) is 0. The lowest BCUT2D eigenvalue weighted by Crippen LogP contribution is -2.34. The largest absolute Gasteiger partial charge is 0.490 e. The van der Waals surface area contributed by atoms with Gasteiger partial charge in [-0.25, -0.2) is 0 Å². The van der Waals surface area contributed by atoms with E-state index in [4.69, 9.17) is 14.6 Å². The summed E-state index contributed by atoms with van der Waals surface area (Å²) < 4.78 is 11.3. The highest BCUT2D eigenvalue weighted by atomic mass is 16.5. The fourth-order valence-electron chi connectivity index (χ4n) is 1.93. The summed E-state index contributed by atoms with van der Waals surface area (Å²) in [6, 6.07) is 4.53. The Kier molecular flexibility index (Phi) is 7.94. The maximum Gasteiger partial charge on any atom is 0.305 e. The van der Waals surface area contributed by atoms with Crippen molar-refractivity contribution in [1.29, 1.82) is 0 Å². The molecule has 0 aliphatic carbocycles. The van der Waals surface area contributed by atoms with Gasteiger partial charge >= 0.3 is 5.97 Å². The third-order valence-corrected chi connectivity index (χ3v) is 2.99. The van der Waals surface area contributed by atoms with Gasteiger partial charge in [-0.3, -0.25) is 9.59 Å². The van der Waals surface area contributed by atoms with Crippen molar-refractivity contribution in [3.05, 3.63) is 23.8 Å². The first-order chi connectivity index (χ1) is 11.0. The first-order valence-electron chi connectivity index (χ1n) is 7.90. The zero-order valence-electron chi connectivity index (χ0n) is 13.9. The average Bonchev–Trinajstić information content (AvgIpc) is 2.50. The van der Waals surface area contributed by atoms with Gasteiger partial charge in [-0.2, -0.15) is 0 Å². The molecule has 0 aromatic heterocycles. The Morgan fingerprint density at radius 1 is 1.13 bits per heavy atom. The molecule has 128 valence electrons. The fraction of sp³-hybridized carbons (Fsp3) is 0.529. The van der Waals surface area contributed by atoms with Gasteiger partial charge in [0, 0.05) is 11.6 Å². The van der Waals surface area contributed by atoms with Crippen LogP contribution in [0.5, 0.6) is 11.5 Å². The summed E-state index contributed by atoms with van der Waals surface area (Å²) in [6.45, 7) is 6.76. The molecule has 6 nitrogen and oxygen atoms in total. The number of carbonyl (C=O) groups is 2. The zero-order valence-corrected chi connectivity index (χ0v) is 13.9. The van der Waals surface area contributed by atoms with Gasteiger partial charge in [0.1, 0.15) is 0 Å². The molecule has 0 saturated carbocycles. The van der Waals surface area contributed by atoms with E-state index in [0.717, 1.165) is 12.8 Å². The van der Waals surface area contributed by atoms with E-state index < -0.39 is 12.0 Å². The van der Waals surface area contributed by atoms with E-state index >= 15 is 0 Å². The zero-order chi connectivity index (χ0) is 17.2. The maximum atomic E-state index is 12.2. The van der Waals surface area contributed by atoms with Gasteiger partial charge in [-0.1, -0.05) is 13.8 Å². The average molecular weight is 323 g/mol. The maximum absolute atomic E-state index is 12.2. The molecule has 2 N–H and O–H groups in total. The Bertz CT molecular complexity index is 530. The molecule has 0 aliphatic rings. The SMILES string of the molecule is CCCOc1ccc(C(=O)NC(C)CC(=O)O)cc1OCCC. The number of carboxylic acid groups (broad SMARTS) is 1. The summed E-state index contributed by atoms with van der Waals surface area (Å²) in [5.41, 5.74) is 0.414. The summed E-state index contributed by atoms with van der Waals surface area (Å²) in [5.74, 6) is -0.149. The Morgan fingerprint density at radius 3 is 2.30 bits per heavy atom. The van der Waals surface area contributed by atoms with E-state index in [-0.39, 0.29) is 12.3 Å². The summed E-state index contributed by atoms with van der Waals surface area (Å²) in [4.78, 5) is 22.8. The number of hydrogen-bond donors (Lipinski definition) is 2. The van der Waals surface area contributed by atoms with Gasteiger partial charge in [0.05, 0.1) is 19.6 Å². The van der Waals surface area contributed by atoms with Crippen LogP contribution < -0.4 is 14.8 Å². The third-order valence-electron chi connectivity index (χ3n) is 2.99. The van der Waals surface area contributed by atoms with E-state index in [1.807, 2.05) is 13.8 Å². The fourth-order valence-corrected chi connectivity index (χ4v) is 1.93. The molecule has 0 aliphatic heterocycles. The summed E-state index contributed by atoms with van der Waals surface area (Å²) in [5, 5.41) is 11.4. The van der Waals surface area contributed by atoms with Crippen molar-refractivity contribution in [1.82, 2.24) is 5.32 Å². The Labute approximate surface area is 136 Å². The van der Waals surface area contributed by atoms with Crippen molar-refractivity contribution < 1.29 is 24.2 Å².